The summed E-state index contributed by atoms with van der Waals surface area (Å²) in [6.07, 6.45) is 0.921. The fourth-order valence-electron chi connectivity index (χ4n) is 1.93. The number of carbonyl (C=O) groups is 2. The number of thioether (sulfide) groups is 1. The lowest BCUT2D eigenvalue weighted by atomic mass is 10.1. The molecule has 0 bridgehead atoms. The molecule has 1 aromatic rings. The van der Waals surface area contributed by atoms with Gasteiger partial charge in [-0.05, 0) is 18.6 Å². The van der Waals surface area contributed by atoms with E-state index >= 15 is 0 Å². The zero-order chi connectivity index (χ0) is 13.7. The molecule has 0 spiro atoms. The normalized spacial score (nSPS) is 22.2. The molecule has 0 aromatic heterocycles. The first-order valence-corrected chi connectivity index (χ1v) is 6.98. The van der Waals surface area contributed by atoms with Gasteiger partial charge in [0.1, 0.15) is 0 Å². The topological polar surface area (TPSA) is 55.4 Å². The lowest BCUT2D eigenvalue weighted by molar-refractivity contribution is -0.131. The summed E-state index contributed by atoms with van der Waals surface area (Å²) in [7, 11) is 0. The maximum atomic E-state index is 13.3. The van der Waals surface area contributed by atoms with Crippen LogP contribution in [0.5, 0.6) is 5.75 Å². The van der Waals surface area contributed by atoms with Gasteiger partial charge in [0.2, 0.25) is 5.78 Å². The molecule has 1 aromatic carbocycles. The zero-order valence-electron chi connectivity index (χ0n) is 10.2. The number of ketones is 1. The van der Waals surface area contributed by atoms with Crippen molar-refractivity contribution in [2.45, 2.75) is 17.7 Å². The van der Waals surface area contributed by atoms with Gasteiger partial charge in [0.15, 0.2) is 17.9 Å². The summed E-state index contributed by atoms with van der Waals surface area (Å²) < 4.78 is 18.7. The smallest absolute Gasteiger partial charge is 0.213 e. The number of aldehydes is 1. The minimum absolute atomic E-state index is 0.00975. The number of halogens is 1. The van der Waals surface area contributed by atoms with Gasteiger partial charge in [-0.15, -0.1) is 11.8 Å². The highest BCUT2D eigenvalue weighted by Crippen LogP contribution is 2.25. The van der Waals surface area contributed by atoms with Crippen molar-refractivity contribution < 1.29 is 18.7 Å². The third-order valence-corrected chi connectivity index (χ3v) is 4.16. The highest BCUT2D eigenvalue weighted by molar-refractivity contribution is 8.00. The van der Waals surface area contributed by atoms with Crippen molar-refractivity contribution in [2.75, 3.05) is 12.5 Å². The molecule has 6 heteroatoms. The van der Waals surface area contributed by atoms with Gasteiger partial charge in [-0.2, -0.15) is 0 Å². The molecule has 0 saturated carbocycles. The Balaban J connectivity index is 1.84. The monoisotopic (exact) mass is 283 g/mol. The Labute approximate surface area is 114 Å². The second-order valence-corrected chi connectivity index (χ2v) is 5.35. The van der Waals surface area contributed by atoms with Gasteiger partial charge in [0.05, 0.1) is 12.6 Å². The Kier molecular flexibility index (Phi) is 4.93. The fraction of sp³-hybridized carbons (Fsp3) is 0.385. The van der Waals surface area contributed by atoms with Crippen molar-refractivity contribution in [3.05, 3.63) is 30.1 Å². The first-order valence-electron chi connectivity index (χ1n) is 5.93. The average Bonchev–Trinajstić information content (AvgIpc) is 2.88. The molecule has 2 unspecified atom stereocenters. The second-order valence-electron chi connectivity index (χ2n) is 4.12. The summed E-state index contributed by atoms with van der Waals surface area (Å²) in [6.45, 7) is 0.308. The predicted octanol–water partition coefficient (Wildman–Crippen LogP) is 1.39. The molecule has 0 radical (unpaired) electrons. The van der Waals surface area contributed by atoms with Gasteiger partial charge in [0, 0.05) is 11.1 Å². The summed E-state index contributed by atoms with van der Waals surface area (Å²) in [5.74, 6) is -0.00736. The highest BCUT2D eigenvalue weighted by Gasteiger charge is 2.32. The number of Topliss-reactive ketones (excluding diaryl/α,β-unsaturated/α-hetero) is 1. The van der Waals surface area contributed by atoms with Gasteiger partial charge in [-0.1, -0.05) is 12.1 Å². The van der Waals surface area contributed by atoms with Crippen LogP contribution < -0.4 is 10.1 Å². The number of carbonyl (C=O) groups excluding carboxylic acids is 2. The number of hydrogen-bond donors (Lipinski definition) is 1. The van der Waals surface area contributed by atoms with Gasteiger partial charge in [-0.3, -0.25) is 14.9 Å². The van der Waals surface area contributed by atoms with Crippen LogP contribution in [0.2, 0.25) is 0 Å². The molecule has 2 rings (SSSR count). The molecular weight excluding hydrogens is 269 g/mol. The van der Waals surface area contributed by atoms with E-state index in [1.54, 1.807) is 30.0 Å². The van der Waals surface area contributed by atoms with Crippen molar-refractivity contribution >= 4 is 23.8 Å². The van der Waals surface area contributed by atoms with Crippen LogP contribution in [0.25, 0.3) is 0 Å². The third kappa shape index (κ3) is 3.54. The average molecular weight is 283 g/mol. The summed E-state index contributed by atoms with van der Waals surface area (Å²) in [5, 5.41) is 2.96. The summed E-state index contributed by atoms with van der Waals surface area (Å²) >= 11 is 1.57. The number of rotatable bonds is 6. The van der Waals surface area contributed by atoms with Crippen LogP contribution in [0, 0.1) is 5.82 Å². The van der Waals surface area contributed by atoms with Crippen LogP contribution in [0.15, 0.2) is 24.3 Å². The summed E-state index contributed by atoms with van der Waals surface area (Å²) in [5.41, 5.74) is 0. The highest BCUT2D eigenvalue weighted by atomic mass is 32.2. The molecule has 102 valence electrons. The van der Waals surface area contributed by atoms with E-state index in [1.807, 2.05) is 0 Å². The second kappa shape index (κ2) is 6.68. The number of ether oxygens (including phenoxy) is 1. The van der Waals surface area contributed by atoms with E-state index in [9.17, 15) is 14.0 Å². The quantitative estimate of drug-likeness (QED) is 0.631. The van der Waals surface area contributed by atoms with Crippen molar-refractivity contribution in [1.29, 1.82) is 0 Å². The molecule has 19 heavy (non-hydrogen) atoms. The number of nitrogens with one attached hydrogen (secondary N) is 1. The predicted molar refractivity (Wildman–Crippen MR) is 70.8 cm³/mol. The van der Waals surface area contributed by atoms with Crippen LogP contribution in [0.4, 0.5) is 4.39 Å². The summed E-state index contributed by atoms with van der Waals surface area (Å²) in [6, 6.07) is 5.73. The molecule has 1 heterocycles. The maximum absolute atomic E-state index is 13.3. The minimum atomic E-state index is -0.452. The van der Waals surface area contributed by atoms with Gasteiger partial charge in [0.25, 0.3) is 0 Å². The molecule has 1 N–H and O–H groups in total. The zero-order valence-corrected chi connectivity index (χ0v) is 11.0. The van der Waals surface area contributed by atoms with E-state index in [2.05, 4.69) is 5.32 Å². The van der Waals surface area contributed by atoms with E-state index in [0.717, 1.165) is 0 Å². The van der Waals surface area contributed by atoms with E-state index < -0.39 is 17.6 Å². The van der Waals surface area contributed by atoms with Gasteiger partial charge < -0.3 is 4.74 Å². The van der Waals surface area contributed by atoms with Gasteiger partial charge >= 0.3 is 0 Å². The van der Waals surface area contributed by atoms with E-state index in [1.165, 1.54) is 6.07 Å². The fourth-order valence-corrected chi connectivity index (χ4v) is 3.10. The molecule has 2 atom stereocenters. The molecule has 1 aliphatic heterocycles. The standard InChI is InChI=1S/C13H14FNO3S/c14-9-3-1-2-4-11(9)18-6-5-12-13(10(17)7-16)15-8-19-12/h1-4,7,12-13,15H,5-6,8H2. The van der Waals surface area contributed by atoms with Crippen molar-refractivity contribution in [1.82, 2.24) is 5.32 Å². The van der Waals surface area contributed by atoms with Crippen LogP contribution >= 0.6 is 11.8 Å². The largest absolute Gasteiger partial charge is 0.490 e. The van der Waals surface area contributed by atoms with Crippen LogP contribution in [-0.2, 0) is 9.59 Å². The van der Waals surface area contributed by atoms with Crippen molar-refractivity contribution in [3.8, 4) is 5.75 Å². The van der Waals surface area contributed by atoms with Crippen LogP contribution in [-0.4, -0.2) is 35.8 Å². The lowest BCUT2D eigenvalue weighted by Gasteiger charge is -2.15. The Morgan fingerprint density at radius 1 is 1.53 bits per heavy atom. The van der Waals surface area contributed by atoms with Crippen LogP contribution in [0.1, 0.15) is 6.42 Å². The Morgan fingerprint density at radius 3 is 3.05 bits per heavy atom. The number of benzene rings is 1. The first-order chi connectivity index (χ1) is 9.22. The van der Waals surface area contributed by atoms with Crippen molar-refractivity contribution in [3.63, 3.8) is 0 Å². The van der Waals surface area contributed by atoms with Crippen LogP contribution in [0.3, 0.4) is 0 Å². The number of hydrogen-bond acceptors (Lipinski definition) is 5. The first kappa shape index (κ1) is 14.0. The molecule has 1 fully saturated rings. The molecule has 1 aliphatic rings. The maximum Gasteiger partial charge on any atom is 0.213 e. The molecule has 0 aliphatic carbocycles. The molecule has 0 amide bonds. The summed E-state index contributed by atoms with van der Waals surface area (Å²) in [4.78, 5) is 21.9. The SMILES string of the molecule is O=CC(=O)C1NCSC1CCOc1ccccc1F. The Hall–Kier alpha value is -1.40. The number of para-hydroxylation sites is 1. The Morgan fingerprint density at radius 2 is 2.32 bits per heavy atom. The lowest BCUT2D eigenvalue weighted by Crippen LogP contribution is -2.39. The van der Waals surface area contributed by atoms with Gasteiger partial charge in [-0.25, -0.2) is 4.39 Å². The van der Waals surface area contributed by atoms with E-state index in [4.69, 9.17) is 4.74 Å². The minimum Gasteiger partial charge on any atom is -0.490 e. The Bertz CT molecular complexity index is 469. The van der Waals surface area contributed by atoms with Crippen molar-refractivity contribution in [2.24, 2.45) is 0 Å². The third-order valence-electron chi connectivity index (χ3n) is 2.89. The van der Waals surface area contributed by atoms with E-state index in [0.29, 0.717) is 25.2 Å². The molecular formula is C13H14FNO3S. The molecule has 1 saturated heterocycles. The molecule has 4 nitrogen and oxygen atoms in total. The van der Waals surface area contributed by atoms with E-state index in [-0.39, 0.29) is 11.0 Å².